The number of carbonyl (C=O) groups is 1. The van der Waals surface area contributed by atoms with E-state index in [4.69, 9.17) is 14.2 Å². The Hall–Kier alpha value is -4.26. The number of para-hydroxylation sites is 1. The lowest BCUT2D eigenvalue weighted by molar-refractivity contribution is 0.0600. The van der Waals surface area contributed by atoms with E-state index in [-0.39, 0.29) is 12.1 Å². The number of ether oxygens (including phenoxy) is 3. The molecule has 35 heavy (non-hydrogen) atoms. The van der Waals surface area contributed by atoms with Gasteiger partial charge in [-0.15, -0.1) is 0 Å². The van der Waals surface area contributed by atoms with E-state index in [0.29, 0.717) is 12.2 Å². The Morgan fingerprint density at radius 3 is 2.60 bits per heavy atom. The van der Waals surface area contributed by atoms with Gasteiger partial charge in [-0.3, -0.25) is 4.98 Å². The number of methoxy groups -OCH3 is 1. The molecular weight excluding hydrogens is 442 g/mol. The molecule has 0 N–H and O–H groups in total. The van der Waals surface area contributed by atoms with Crippen molar-refractivity contribution in [2.24, 2.45) is 0 Å². The molecule has 0 spiro atoms. The lowest BCUT2D eigenvalue weighted by Crippen LogP contribution is -2.54. The van der Waals surface area contributed by atoms with E-state index < -0.39 is 0 Å². The molecule has 4 aromatic rings. The highest BCUT2D eigenvalue weighted by Crippen LogP contribution is 2.33. The third-order valence-electron chi connectivity index (χ3n) is 6.04. The Kier molecular flexibility index (Phi) is 6.39. The Balaban J connectivity index is 1.25. The molecule has 0 radical (unpaired) electrons. The number of rotatable bonds is 8. The summed E-state index contributed by atoms with van der Waals surface area (Å²) in [6.45, 7) is 3.97. The molecule has 5 rings (SSSR count). The van der Waals surface area contributed by atoms with Crippen molar-refractivity contribution in [1.82, 2.24) is 9.55 Å². The van der Waals surface area contributed by atoms with Crippen molar-refractivity contribution in [2.75, 3.05) is 25.1 Å². The second-order valence-electron chi connectivity index (χ2n) is 8.48. The number of aromatic nitrogens is 2. The number of benzene rings is 2. The molecule has 1 saturated heterocycles. The van der Waals surface area contributed by atoms with Crippen LogP contribution >= 0.6 is 0 Å². The van der Waals surface area contributed by atoms with Crippen LogP contribution in [0.5, 0.6) is 11.5 Å². The quantitative estimate of drug-likeness (QED) is 0.345. The van der Waals surface area contributed by atoms with Crippen LogP contribution in [-0.2, 0) is 11.3 Å². The van der Waals surface area contributed by atoms with E-state index in [0.717, 1.165) is 47.1 Å². The van der Waals surface area contributed by atoms with Crippen molar-refractivity contribution in [2.45, 2.75) is 19.6 Å². The van der Waals surface area contributed by atoms with E-state index in [2.05, 4.69) is 16.0 Å². The van der Waals surface area contributed by atoms with Crippen LogP contribution in [-0.4, -0.2) is 41.8 Å². The van der Waals surface area contributed by atoms with Crippen molar-refractivity contribution in [1.29, 1.82) is 0 Å². The first-order valence-electron chi connectivity index (χ1n) is 11.5. The minimum atomic E-state index is -0.355. The van der Waals surface area contributed by atoms with E-state index in [1.54, 1.807) is 18.5 Å². The molecule has 0 atom stereocenters. The normalized spacial score (nSPS) is 13.3. The molecule has 0 bridgehead atoms. The minimum absolute atomic E-state index is 0.0606. The number of aryl methyl sites for hydroxylation is 1. The summed E-state index contributed by atoms with van der Waals surface area (Å²) in [5.74, 6) is 1.26. The number of hydrogen-bond acceptors (Lipinski definition) is 6. The van der Waals surface area contributed by atoms with Gasteiger partial charge in [0.15, 0.2) is 0 Å². The first kappa shape index (κ1) is 22.5. The second-order valence-corrected chi connectivity index (χ2v) is 8.48. The Morgan fingerprint density at radius 1 is 1.06 bits per heavy atom. The summed E-state index contributed by atoms with van der Waals surface area (Å²) >= 11 is 0. The number of anilines is 1. The van der Waals surface area contributed by atoms with Gasteiger partial charge in [0.1, 0.15) is 24.2 Å². The van der Waals surface area contributed by atoms with Crippen LogP contribution in [0.1, 0.15) is 21.5 Å². The average molecular weight is 470 g/mol. The van der Waals surface area contributed by atoms with Crippen LogP contribution < -0.4 is 14.4 Å². The number of nitrogens with zero attached hydrogens (tertiary/aromatic N) is 3. The molecule has 2 aromatic heterocycles. The third kappa shape index (κ3) is 4.84. The maximum absolute atomic E-state index is 12.4. The summed E-state index contributed by atoms with van der Waals surface area (Å²) in [4.78, 5) is 18.7. The maximum Gasteiger partial charge on any atom is 0.340 e. The van der Waals surface area contributed by atoms with Crippen molar-refractivity contribution >= 4 is 11.7 Å². The molecule has 1 aliphatic heterocycles. The predicted molar refractivity (Wildman–Crippen MR) is 133 cm³/mol. The van der Waals surface area contributed by atoms with Gasteiger partial charge >= 0.3 is 5.97 Å². The van der Waals surface area contributed by atoms with Crippen LogP contribution in [0.15, 0.2) is 85.5 Å². The van der Waals surface area contributed by atoms with Gasteiger partial charge in [0, 0.05) is 18.6 Å². The standard InChI is InChI=1S/C28H27N3O4/c1-20-15-21(19-34-22-7-6-12-29-16-22)10-11-26(20)35-23-17-31(18-23)25-9-5-8-24(28(32)33-2)27(25)30-13-3-4-14-30/h3-16,23H,17-19H2,1-2H3. The molecule has 1 aliphatic rings. The molecule has 3 heterocycles. The highest BCUT2D eigenvalue weighted by molar-refractivity contribution is 5.96. The molecular formula is C28H27N3O4. The van der Waals surface area contributed by atoms with Gasteiger partial charge in [-0.05, 0) is 66.6 Å². The van der Waals surface area contributed by atoms with Crippen LogP contribution in [0.25, 0.3) is 5.69 Å². The summed E-state index contributed by atoms with van der Waals surface area (Å²) in [5, 5.41) is 0. The lowest BCUT2D eigenvalue weighted by Gasteiger charge is -2.42. The van der Waals surface area contributed by atoms with Crippen molar-refractivity contribution in [3.63, 3.8) is 0 Å². The van der Waals surface area contributed by atoms with Gasteiger partial charge in [0.25, 0.3) is 0 Å². The number of carbonyl (C=O) groups excluding carboxylic acids is 1. The van der Waals surface area contributed by atoms with Gasteiger partial charge in [-0.2, -0.15) is 0 Å². The highest BCUT2D eigenvalue weighted by atomic mass is 16.5. The zero-order valence-corrected chi connectivity index (χ0v) is 19.8. The fourth-order valence-electron chi connectivity index (χ4n) is 4.24. The molecule has 7 nitrogen and oxygen atoms in total. The largest absolute Gasteiger partial charge is 0.487 e. The van der Waals surface area contributed by atoms with Crippen LogP contribution in [0, 0.1) is 6.92 Å². The Bertz CT molecular complexity index is 1300. The highest BCUT2D eigenvalue weighted by Gasteiger charge is 2.32. The van der Waals surface area contributed by atoms with E-state index in [1.165, 1.54) is 7.11 Å². The molecule has 0 aliphatic carbocycles. The first-order chi connectivity index (χ1) is 17.1. The van der Waals surface area contributed by atoms with Gasteiger partial charge in [0.2, 0.25) is 0 Å². The number of hydrogen-bond donors (Lipinski definition) is 0. The average Bonchev–Trinajstić information content (AvgIpc) is 3.40. The van der Waals surface area contributed by atoms with Gasteiger partial charge < -0.3 is 23.7 Å². The third-order valence-corrected chi connectivity index (χ3v) is 6.04. The van der Waals surface area contributed by atoms with Crippen molar-refractivity contribution in [3.8, 4) is 17.2 Å². The smallest absolute Gasteiger partial charge is 0.340 e. The van der Waals surface area contributed by atoms with E-state index in [1.807, 2.05) is 72.4 Å². The molecule has 0 unspecified atom stereocenters. The number of pyridine rings is 1. The Morgan fingerprint density at radius 2 is 1.89 bits per heavy atom. The van der Waals surface area contributed by atoms with E-state index >= 15 is 0 Å². The summed E-state index contributed by atoms with van der Waals surface area (Å²) in [5.41, 5.74) is 4.47. The molecule has 0 amide bonds. The molecule has 2 aromatic carbocycles. The van der Waals surface area contributed by atoms with Crippen molar-refractivity contribution in [3.05, 3.63) is 102 Å². The Labute approximate surface area is 204 Å². The van der Waals surface area contributed by atoms with Crippen LogP contribution in [0.4, 0.5) is 5.69 Å². The molecule has 7 heteroatoms. The fourth-order valence-corrected chi connectivity index (χ4v) is 4.24. The topological polar surface area (TPSA) is 65.8 Å². The summed E-state index contributed by atoms with van der Waals surface area (Å²) < 4.78 is 19.1. The van der Waals surface area contributed by atoms with Gasteiger partial charge in [-0.25, -0.2) is 4.79 Å². The number of esters is 1. The lowest BCUT2D eigenvalue weighted by atomic mass is 10.0. The molecule has 178 valence electrons. The monoisotopic (exact) mass is 469 g/mol. The maximum atomic E-state index is 12.4. The van der Waals surface area contributed by atoms with Gasteiger partial charge in [0.05, 0.1) is 43.3 Å². The minimum Gasteiger partial charge on any atom is -0.487 e. The summed E-state index contributed by atoms with van der Waals surface area (Å²) in [7, 11) is 1.40. The summed E-state index contributed by atoms with van der Waals surface area (Å²) in [6.07, 6.45) is 7.35. The zero-order chi connectivity index (χ0) is 24.2. The SMILES string of the molecule is COC(=O)c1cccc(N2CC(Oc3ccc(COc4cccnc4)cc3C)C2)c1-n1cccc1. The first-order valence-corrected chi connectivity index (χ1v) is 11.5. The summed E-state index contributed by atoms with van der Waals surface area (Å²) in [6, 6.07) is 19.5. The van der Waals surface area contributed by atoms with Crippen LogP contribution in [0.3, 0.4) is 0 Å². The van der Waals surface area contributed by atoms with E-state index in [9.17, 15) is 4.79 Å². The second kappa shape index (κ2) is 9.93. The van der Waals surface area contributed by atoms with Crippen molar-refractivity contribution < 1.29 is 19.0 Å². The fraction of sp³-hybridized carbons (Fsp3) is 0.214. The molecule has 0 saturated carbocycles. The zero-order valence-electron chi connectivity index (χ0n) is 19.8. The molecule has 1 fully saturated rings. The predicted octanol–water partition coefficient (Wildman–Crippen LogP) is 4.81. The van der Waals surface area contributed by atoms with Gasteiger partial charge in [-0.1, -0.05) is 12.1 Å². The van der Waals surface area contributed by atoms with Crippen LogP contribution in [0.2, 0.25) is 0 Å².